The molecule has 0 bridgehead atoms. The second-order valence-electron chi connectivity index (χ2n) is 4.90. The molecule has 1 aliphatic rings. The number of ether oxygens (including phenoxy) is 1. The maximum Gasteiger partial charge on any atom is 0.238 e. The molecule has 4 nitrogen and oxygen atoms in total. The summed E-state index contributed by atoms with van der Waals surface area (Å²) in [7, 11) is 1.96. The van der Waals surface area contributed by atoms with Gasteiger partial charge in [0.1, 0.15) is 22.5 Å². The third-order valence-corrected chi connectivity index (χ3v) is 3.94. The van der Waals surface area contributed by atoms with Gasteiger partial charge in [-0.3, -0.25) is 0 Å². The van der Waals surface area contributed by atoms with Gasteiger partial charge in [-0.2, -0.15) is 5.26 Å². The van der Waals surface area contributed by atoms with Crippen LogP contribution in [-0.2, 0) is 6.42 Å². The summed E-state index contributed by atoms with van der Waals surface area (Å²) >= 11 is 5.89. The quantitative estimate of drug-likeness (QED) is 0.880. The second-order valence-corrected chi connectivity index (χ2v) is 5.29. The normalized spacial score (nSPS) is 16.3. The average molecular weight is 300 g/mol. The molecule has 21 heavy (non-hydrogen) atoms. The molecule has 3 rings (SSSR count). The zero-order chi connectivity index (χ0) is 14.8. The highest BCUT2D eigenvalue weighted by Gasteiger charge is 2.24. The van der Waals surface area contributed by atoms with E-state index in [-0.39, 0.29) is 5.88 Å². The first-order chi connectivity index (χ1) is 10.2. The van der Waals surface area contributed by atoms with E-state index >= 15 is 0 Å². The van der Waals surface area contributed by atoms with Crippen LogP contribution in [-0.4, -0.2) is 12.0 Å². The molecule has 2 aromatic rings. The lowest BCUT2D eigenvalue weighted by molar-refractivity contribution is 0.456. The Morgan fingerprint density at radius 1 is 1.38 bits per heavy atom. The summed E-state index contributed by atoms with van der Waals surface area (Å²) in [6.07, 6.45) is 1.99. The molecule has 106 valence electrons. The van der Waals surface area contributed by atoms with Gasteiger partial charge in [-0.05, 0) is 49.2 Å². The highest BCUT2D eigenvalue weighted by molar-refractivity contribution is 6.29. The van der Waals surface area contributed by atoms with Gasteiger partial charge in [0.2, 0.25) is 5.88 Å². The molecule has 5 heteroatoms. The van der Waals surface area contributed by atoms with Crippen molar-refractivity contribution >= 4 is 11.6 Å². The Labute approximate surface area is 128 Å². The molecule has 1 aromatic carbocycles. The van der Waals surface area contributed by atoms with Gasteiger partial charge >= 0.3 is 0 Å². The Kier molecular flexibility index (Phi) is 3.78. The Bertz CT molecular complexity index is 724. The van der Waals surface area contributed by atoms with E-state index in [9.17, 15) is 0 Å². The topological polar surface area (TPSA) is 57.9 Å². The SMILES string of the molecule is CNC1CCc2c(Oc3nc(Cl)ccc3C#N)cccc21. The Hall–Kier alpha value is -2.09. The van der Waals surface area contributed by atoms with Crippen LogP contribution < -0.4 is 10.1 Å². The standard InChI is InChI=1S/C16H14ClN3O/c1-19-13-7-6-12-11(13)3-2-4-14(12)21-16-10(9-18)5-8-15(17)20-16/h2-5,8,13,19H,6-7H2,1H3. The molecule has 1 N–H and O–H groups in total. The molecule has 0 spiro atoms. The number of pyridine rings is 1. The van der Waals surface area contributed by atoms with Gasteiger partial charge in [-0.25, -0.2) is 4.98 Å². The van der Waals surface area contributed by atoms with E-state index in [0.717, 1.165) is 18.6 Å². The lowest BCUT2D eigenvalue weighted by Gasteiger charge is -2.13. The molecular formula is C16H14ClN3O. The summed E-state index contributed by atoms with van der Waals surface area (Å²) in [5.74, 6) is 1.00. The number of halogens is 1. The number of hydrogen-bond acceptors (Lipinski definition) is 4. The second kappa shape index (κ2) is 5.72. The maximum atomic E-state index is 9.14. The zero-order valence-electron chi connectivity index (χ0n) is 11.6. The number of nitrogens with one attached hydrogen (secondary N) is 1. The third-order valence-electron chi connectivity index (χ3n) is 3.73. The monoisotopic (exact) mass is 299 g/mol. The third kappa shape index (κ3) is 2.58. The number of nitrogens with zero attached hydrogens (tertiary/aromatic N) is 2. The van der Waals surface area contributed by atoms with E-state index in [0.29, 0.717) is 16.8 Å². The van der Waals surface area contributed by atoms with Gasteiger partial charge in [-0.1, -0.05) is 23.7 Å². The summed E-state index contributed by atoms with van der Waals surface area (Å²) < 4.78 is 5.87. The minimum Gasteiger partial charge on any atom is -0.437 e. The summed E-state index contributed by atoms with van der Waals surface area (Å²) in [6.45, 7) is 0. The van der Waals surface area contributed by atoms with Crippen LogP contribution >= 0.6 is 11.6 Å². The van der Waals surface area contributed by atoms with E-state index in [4.69, 9.17) is 21.6 Å². The minimum atomic E-state index is 0.256. The molecule has 0 fully saturated rings. The number of hydrogen-bond donors (Lipinski definition) is 1. The van der Waals surface area contributed by atoms with Gasteiger partial charge < -0.3 is 10.1 Å². The molecule has 0 aliphatic heterocycles. The highest BCUT2D eigenvalue weighted by atomic mass is 35.5. The van der Waals surface area contributed by atoms with Crippen molar-refractivity contribution in [2.75, 3.05) is 7.05 Å². The summed E-state index contributed by atoms with van der Waals surface area (Å²) in [4.78, 5) is 4.11. The van der Waals surface area contributed by atoms with E-state index in [1.165, 1.54) is 11.1 Å². The molecule has 0 saturated heterocycles. The van der Waals surface area contributed by atoms with Crippen molar-refractivity contribution < 1.29 is 4.74 Å². The Morgan fingerprint density at radius 3 is 3.00 bits per heavy atom. The first-order valence-corrected chi connectivity index (χ1v) is 7.14. The fourth-order valence-electron chi connectivity index (χ4n) is 2.70. The van der Waals surface area contributed by atoms with Crippen LogP contribution in [0.1, 0.15) is 29.2 Å². The molecule has 0 radical (unpaired) electrons. The molecule has 0 saturated carbocycles. The van der Waals surface area contributed by atoms with Crippen molar-refractivity contribution in [1.29, 1.82) is 5.26 Å². The molecule has 1 unspecified atom stereocenters. The van der Waals surface area contributed by atoms with Gasteiger partial charge in [0, 0.05) is 6.04 Å². The van der Waals surface area contributed by atoms with E-state index in [2.05, 4.69) is 22.4 Å². The van der Waals surface area contributed by atoms with Gasteiger partial charge in [0.25, 0.3) is 0 Å². The van der Waals surface area contributed by atoms with Crippen LogP contribution in [0.25, 0.3) is 0 Å². The van der Waals surface area contributed by atoms with E-state index in [1.807, 2.05) is 19.2 Å². The number of rotatable bonds is 3. The largest absolute Gasteiger partial charge is 0.437 e. The van der Waals surface area contributed by atoms with Crippen molar-refractivity contribution in [3.8, 4) is 17.7 Å². The molecule has 1 heterocycles. The van der Waals surface area contributed by atoms with Gasteiger partial charge in [-0.15, -0.1) is 0 Å². The van der Waals surface area contributed by atoms with E-state index in [1.54, 1.807) is 12.1 Å². The maximum absolute atomic E-state index is 9.14. The van der Waals surface area contributed by atoms with Gasteiger partial charge in [0.05, 0.1) is 0 Å². The molecule has 1 aliphatic carbocycles. The minimum absolute atomic E-state index is 0.256. The van der Waals surface area contributed by atoms with Crippen LogP contribution in [0.3, 0.4) is 0 Å². The first-order valence-electron chi connectivity index (χ1n) is 6.76. The Morgan fingerprint density at radius 2 is 2.24 bits per heavy atom. The summed E-state index contributed by atoms with van der Waals surface area (Å²) in [5, 5.41) is 12.7. The molecule has 0 amide bonds. The molecule has 1 atom stereocenters. The number of aromatic nitrogens is 1. The lowest BCUT2D eigenvalue weighted by Crippen LogP contribution is -2.12. The summed E-state index contributed by atoms with van der Waals surface area (Å²) in [6, 6.07) is 11.6. The predicted octanol–water partition coefficient (Wildman–Crippen LogP) is 3.61. The zero-order valence-corrected chi connectivity index (χ0v) is 12.3. The van der Waals surface area contributed by atoms with Crippen LogP contribution in [0.4, 0.5) is 0 Å². The summed E-state index contributed by atoms with van der Waals surface area (Å²) in [5.41, 5.74) is 2.79. The van der Waals surface area contributed by atoms with Crippen LogP contribution in [0.15, 0.2) is 30.3 Å². The molecule has 1 aromatic heterocycles. The average Bonchev–Trinajstić information content (AvgIpc) is 2.92. The number of benzene rings is 1. The fraction of sp³-hybridized carbons (Fsp3) is 0.250. The van der Waals surface area contributed by atoms with Gasteiger partial charge in [0.15, 0.2) is 0 Å². The van der Waals surface area contributed by atoms with Crippen LogP contribution in [0.5, 0.6) is 11.6 Å². The number of nitriles is 1. The lowest BCUT2D eigenvalue weighted by atomic mass is 10.1. The fourth-order valence-corrected chi connectivity index (χ4v) is 2.84. The first kappa shape index (κ1) is 13.9. The van der Waals surface area contributed by atoms with Crippen molar-refractivity contribution in [3.05, 3.63) is 52.2 Å². The van der Waals surface area contributed by atoms with Crippen molar-refractivity contribution in [1.82, 2.24) is 10.3 Å². The highest BCUT2D eigenvalue weighted by Crippen LogP contribution is 2.38. The van der Waals surface area contributed by atoms with Crippen LogP contribution in [0, 0.1) is 11.3 Å². The van der Waals surface area contributed by atoms with Crippen molar-refractivity contribution in [2.24, 2.45) is 0 Å². The van der Waals surface area contributed by atoms with Crippen molar-refractivity contribution in [2.45, 2.75) is 18.9 Å². The van der Waals surface area contributed by atoms with Crippen molar-refractivity contribution in [3.63, 3.8) is 0 Å². The smallest absolute Gasteiger partial charge is 0.238 e. The number of fused-ring (bicyclic) bond motifs is 1. The molecular weight excluding hydrogens is 286 g/mol. The Balaban J connectivity index is 1.99. The van der Waals surface area contributed by atoms with Crippen LogP contribution in [0.2, 0.25) is 5.15 Å². The predicted molar refractivity (Wildman–Crippen MR) is 80.6 cm³/mol. The van der Waals surface area contributed by atoms with E-state index < -0.39 is 0 Å².